The summed E-state index contributed by atoms with van der Waals surface area (Å²) in [5.41, 5.74) is 0.570. The Balaban J connectivity index is 1.99. The number of thiophene rings is 1. The van der Waals surface area contributed by atoms with E-state index in [0.717, 1.165) is 31.6 Å². The number of carbonyl (C=O) groups is 2. The summed E-state index contributed by atoms with van der Waals surface area (Å²) in [6.07, 6.45) is 4.08. The third-order valence-electron chi connectivity index (χ3n) is 3.68. The van der Waals surface area contributed by atoms with Crippen molar-refractivity contribution in [3.8, 4) is 0 Å². The highest BCUT2D eigenvalue weighted by molar-refractivity contribution is 7.12. The number of hydrogen-bond donors (Lipinski definition) is 1. The largest absolute Gasteiger partial charge is 0.465 e. The lowest BCUT2D eigenvalue weighted by Crippen LogP contribution is -2.27. The average Bonchev–Trinajstić information content (AvgIpc) is 2.86. The number of nitrogens with one attached hydrogen (secondary N) is 1. The molecule has 1 heterocycles. The number of methoxy groups -OCH3 is 1. The minimum atomic E-state index is -0.400. The lowest BCUT2D eigenvalue weighted by molar-refractivity contribution is -0.121. The van der Waals surface area contributed by atoms with Crippen LogP contribution in [0.25, 0.3) is 0 Å². The van der Waals surface area contributed by atoms with Gasteiger partial charge in [-0.2, -0.15) is 0 Å². The van der Waals surface area contributed by atoms with Crippen LogP contribution in [0.15, 0.2) is 11.4 Å². The van der Waals surface area contributed by atoms with Crippen molar-refractivity contribution in [2.75, 3.05) is 12.4 Å². The van der Waals surface area contributed by atoms with Crippen LogP contribution in [0.2, 0.25) is 0 Å². The smallest absolute Gasteiger partial charge is 0.350 e. The van der Waals surface area contributed by atoms with Crippen molar-refractivity contribution in [1.29, 1.82) is 0 Å². The highest BCUT2D eigenvalue weighted by Crippen LogP contribution is 2.30. The van der Waals surface area contributed by atoms with Gasteiger partial charge in [-0.3, -0.25) is 4.79 Å². The lowest BCUT2D eigenvalue weighted by atomic mass is 9.82. The van der Waals surface area contributed by atoms with Gasteiger partial charge in [0, 0.05) is 5.92 Å². The van der Waals surface area contributed by atoms with Gasteiger partial charge in [0.05, 0.1) is 12.8 Å². The van der Waals surface area contributed by atoms with E-state index < -0.39 is 5.97 Å². The molecule has 1 saturated carbocycles. The minimum absolute atomic E-state index is 0.0236. The van der Waals surface area contributed by atoms with E-state index in [1.165, 1.54) is 18.4 Å². The van der Waals surface area contributed by atoms with Crippen LogP contribution in [0.1, 0.15) is 42.3 Å². The van der Waals surface area contributed by atoms with Gasteiger partial charge in [0.2, 0.25) is 5.91 Å². The second kappa shape index (κ2) is 6.19. The summed E-state index contributed by atoms with van der Waals surface area (Å²) >= 11 is 1.28. The van der Waals surface area contributed by atoms with Gasteiger partial charge in [0.1, 0.15) is 4.88 Å². The van der Waals surface area contributed by atoms with E-state index in [4.69, 9.17) is 4.74 Å². The number of carbonyl (C=O) groups excluding carboxylic acids is 2. The van der Waals surface area contributed by atoms with E-state index in [1.54, 1.807) is 11.4 Å². The first-order valence-corrected chi connectivity index (χ1v) is 7.46. The van der Waals surface area contributed by atoms with Crippen LogP contribution in [-0.2, 0) is 9.53 Å². The molecule has 1 aromatic rings. The van der Waals surface area contributed by atoms with Crippen LogP contribution in [0.3, 0.4) is 0 Å². The molecule has 1 aromatic heterocycles. The Bertz CT molecular complexity index is 461. The molecule has 0 radical (unpaired) electrons. The first-order valence-electron chi connectivity index (χ1n) is 6.58. The second-order valence-corrected chi connectivity index (χ2v) is 6.02. The highest BCUT2D eigenvalue weighted by atomic mass is 32.1. The molecule has 0 unspecified atom stereocenters. The van der Waals surface area contributed by atoms with Crippen LogP contribution in [0.5, 0.6) is 0 Å². The van der Waals surface area contributed by atoms with Crippen LogP contribution in [-0.4, -0.2) is 19.0 Å². The Morgan fingerprint density at radius 1 is 1.32 bits per heavy atom. The fourth-order valence-corrected chi connectivity index (χ4v) is 3.18. The number of anilines is 1. The Labute approximate surface area is 117 Å². The summed E-state index contributed by atoms with van der Waals surface area (Å²) in [6, 6.07) is 1.75. The van der Waals surface area contributed by atoms with Gasteiger partial charge in [0.25, 0.3) is 0 Å². The molecule has 2 rings (SSSR count). The molecule has 0 saturated heterocycles. The Morgan fingerprint density at radius 2 is 2.00 bits per heavy atom. The molecule has 0 aromatic carbocycles. The molecule has 1 aliphatic carbocycles. The molecule has 19 heavy (non-hydrogen) atoms. The maximum atomic E-state index is 12.2. The van der Waals surface area contributed by atoms with Crippen LogP contribution in [0, 0.1) is 11.8 Å². The number of hydrogen-bond acceptors (Lipinski definition) is 4. The van der Waals surface area contributed by atoms with Crippen LogP contribution in [0.4, 0.5) is 5.69 Å². The molecule has 4 nitrogen and oxygen atoms in total. The van der Waals surface area contributed by atoms with Crippen molar-refractivity contribution in [1.82, 2.24) is 0 Å². The minimum Gasteiger partial charge on any atom is -0.465 e. The standard InChI is InChI=1S/C14H19NO3S/c1-9-3-5-10(6-4-9)13(16)15-11-7-8-19-12(11)14(17)18-2/h7-10H,3-6H2,1-2H3,(H,15,16). The van der Waals surface area contributed by atoms with Crippen molar-refractivity contribution in [3.63, 3.8) is 0 Å². The van der Waals surface area contributed by atoms with Gasteiger partial charge in [-0.15, -0.1) is 11.3 Å². The summed E-state index contributed by atoms with van der Waals surface area (Å²) in [5.74, 6) is 0.412. The highest BCUT2D eigenvalue weighted by Gasteiger charge is 2.25. The van der Waals surface area contributed by atoms with Crippen molar-refractivity contribution in [2.24, 2.45) is 11.8 Å². The molecule has 1 aliphatic rings. The van der Waals surface area contributed by atoms with Crippen molar-refractivity contribution < 1.29 is 14.3 Å². The molecule has 1 fully saturated rings. The summed E-state index contributed by atoms with van der Waals surface area (Å²) < 4.78 is 4.70. The first kappa shape index (κ1) is 14.1. The van der Waals surface area contributed by atoms with Crippen LogP contribution < -0.4 is 5.32 Å². The number of esters is 1. The van der Waals surface area contributed by atoms with Crippen molar-refractivity contribution in [3.05, 3.63) is 16.3 Å². The topological polar surface area (TPSA) is 55.4 Å². The normalized spacial score (nSPS) is 22.8. The molecular weight excluding hydrogens is 262 g/mol. The van der Waals surface area contributed by atoms with E-state index in [2.05, 4.69) is 12.2 Å². The van der Waals surface area contributed by atoms with Gasteiger partial charge in [-0.25, -0.2) is 4.79 Å². The molecule has 5 heteroatoms. The van der Waals surface area contributed by atoms with E-state index in [-0.39, 0.29) is 11.8 Å². The SMILES string of the molecule is COC(=O)c1sccc1NC(=O)C1CCC(C)CC1. The van der Waals surface area contributed by atoms with E-state index in [9.17, 15) is 9.59 Å². The third-order valence-corrected chi connectivity index (χ3v) is 4.57. The molecule has 1 N–H and O–H groups in total. The lowest BCUT2D eigenvalue weighted by Gasteiger charge is -2.25. The van der Waals surface area contributed by atoms with Gasteiger partial charge >= 0.3 is 5.97 Å². The Kier molecular flexibility index (Phi) is 4.58. The molecular formula is C14H19NO3S. The molecule has 104 valence electrons. The van der Waals surface area contributed by atoms with Crippen LogP contribution >= 0.6 is 11.3 Å². The molecule has 0 spiro atoms. The molecule has 0 aliphatic heterocycles. The molecule has 0 atom stereocenters. The summed E-state index contributed by atoms with van der Waals surface area (Å²) in [4.78, 5) is 24.2. The number of amides is 1. The van der Waals surface area contributed by atoms with Gasteiger partial charge in [-0.05, 0) is 43.0 Å². The first-order chi connectivity index (χ1) is 9.11. The van der Waals surface area contributed by atoms with E-state index >= 15 is 0 Å². The predicted octanol–water partition coefficient (Wildman–Crippen LogP) is 3.30. The maximum absolute atomic E-state index is 12.2. The van der Waals surface area contributed by atoms with Crippen molar-refractivity contribution in [2.45, 2.75) is 32.6 Å². The predicted molar refractivity (Wildman–Crippen MR) is 75.4 cm³/mol. The average molecular weight is 281 g/mol. The zero-order valence-electron chi connectivity index (χ0n) is 11.3. The summed E-state index contributed by atoms with van der Waals surface area (Å²) in [5, 5.41) is 4.64. The quantitative estimate of drug-likeness (QED) is 0.865. The maximum Gasteiger partial charge on any atom is 0.350 e. The third kappa shape index (κ3) is 3.35. The zero-order valence-corrected chi connectivity index (χ0v) is 12.1. The van der Waals surface area contributed by atoms with Gasteiger partial charge < -0.3 is 10.1 Å². The van der Waals surface area contributed by atoms with E-state index in [1.807, 2.05) is 0 Å². The fourth-order valence-electron chi connectivity index (χ4n) is 2.42. The van der Waals surface area contributed by atoms with Gasteiger partial charge in [-0.1, -0.05) is 6.92 Å². The van der Waals surface area contributed by atoms with Crippen molar-refractivity contribution >= 4 is 28.9 Å². The monoisotopic (exact) mass is 281 g/mol. The number of rotatable bonds is 3. The second-order valence-electron chi connectivity index (χ2n) is 5.10. The Hall–Kier alpha value is -1.36. The summed E-state index contributed by atoms with van der Waals surface area (Å²) in [7, 11) is 1.34. The number of ether oxygens (including phenoxy) is 1. The Morgan fingerprint density at radius 3 is 2.63 bits per heavy atom. The summed E-state index contributed by atoms with van der Waals surface area (Å²) in [6.45, 7) is 2.22. The zero-order chi connectivity index (χ0) is 13.8. The van der Waals surface area contributed by atoms with Gasteiger partial charge in [0.15, 0.2) is 0 Å². The molecule has 0 bridgehead atoms. The van der Waals surface area contributed by atoms with E-state index in [0.29, 0.717) is 10.6 Å². The fraction of sp³-hybridized carbons (Fsp3) is 0.571. The molecule has 1 amide bonds.